The second kappa shape index (κ2) is 237. The summed E-state index contributed by atoms with van der Waals surface area (Å²) in [6.45, 7) is 0. The standard InChI is InChI=1S/4FH.3Fe.3Li.4S/h4*1H;;;;;;;;;;/q;;;;3*+3;3*+1;4*-2/p-4. The van der Waals surface area contributed by atoms with Crippen molar-refractivity contribution >= 4 is 54.0 Å². The Balaban J connectivity index is 0. The van der Waals surface area contributed by atoms with E-state index in [9.17, 15) is 0 Å². The van der Waals surface area contributed by atoms with Gasteiger partial charge in [-0.2, -0.15) is 0 Å². The normalized spacial score (nSPS) is 0. The van der Waals surface area contributed by atoms with E-state index >= 15 is 0 Å². The van der Waals surface area contributed by atoms with Gasteiger partial charge in [0.25, 0.3) is 0 Å². The minimum atomic E-state index is 0. The summed E-state index contributed by atoms with van der Waals surface area (Å²) < 4.78 is 0. The molecule has 0 aliphatic carbocycles. The Kier molecular flexibility index (Phi) is 4780. The average Bonchev–Trinajstić information content (AvgIpc) is 0. The summed E-state index contributed by atoms with van der Waals surface area (Å²) in [6, 6.07) is 0. The maximum absolute atomic E-state index is 0. The zero-order chi connectivity index (χ0) is 0. The second-order valence-electron chi connectivity index (χ2n) is 0. The van der Waals surface area contributed by atoms with Gasteiger partial charge in [-0.15, -0.1) is 0 Å². The molecule has 3 radical (unpaired) electrons. The van der Waals surface area contributed by atoms with Crippen LogP contribution in [0.2, 0.25) is 0 Å². The average molecular weight is 393 g/mol. The van der Waals surface area contributed by atoms with E-state index in [2.05, 4.69) is 0 Å². The van der Waals surface area contributed by atoms with Gasteiger partial charge in [-0.05, 0) is 0 Å². The van der Waals surface area contributed by atoms with E-state index in [4.69, 9.17) is 0 Å². The summed E-state index contributed by atoms with van der Waals surface area (Å²) in [4.78, 5) is 0. The quantitative estimate of drug-likeness (QED) is 0.284. The van der Waals surface area contributed by atoms with E-state index in [0.29, 0.717) is 0 Å². The van der Waals surface area contributed by atoms with Crippen LogP contribution < -0.4 is 75.4 Å². The molecule has 0 unspecified atom stereocenters. The maximum Gasteiger partial charge on any atom is 3.00 e. The molecule has 0 aromatic rings. The topological polar surface area (TPSA) is 0 Å². The maximum atomic E-state index is 0. The first-order chi connectivity index (χ1) is 0. The molecule has 0 fully saturated rings. The summed E-state index contributed by atoms with van der Waals surface area (Å²) in [6.07, 6.45) is 0. The van der Waals surface area contributed by atoms with Crippen molar-refractivity contribution in [2.24, 2.45) is 0 Å². The molecule has 0 saturated carbocycles. The molecule has 0 nitrogen and oxygen atoms in total. The molecule has 0 amide bonds. The minimum absolute atomic E-state index is 0. The number of halogens is 4. The zero-order valence-corrected chi connectivity index (χ0v) is 13.8. The van der Waals surface area contributed by atoms with E-state index in [1.54, 1.807) is 0 Å². The van der Waals surface area contributed by atoms with Gasteiger partial charge in [-0.3, -0.25) is 0 Å². The van der Waals surface area contributed by atoms with Gasteiger partial charge >= 0.3 is 108 Å². The second-order valence-corrected chi connectivity index (χ2v) is 0. The van der Waals surface area contributed by atoms with E-state index in [1.165, 1.54) is 0 Å². The molecule has 0 heterocycles. The van der Waals surface area contributed by atoms with Crippen LogP contribution >= 0.6 is 0 Å². The summed E-state index contributed by atoms with van der Waals surface area (Å²) in [5.41, 5.74) is 0. The van der Waals surface area contributed by atoms with Crippen molar-refractivity contribution in [2.75, 3.05) is 0 Å². The molecular weight excluding hydrogens is 393 g/mol. The molecule has 0 spiro atoms. The molecule has 0 aliphatic rings. The van der Waals surface area contributed by atoms with Crippen LogP contribution in [0.25, 0.3) is 0 Å². The van der Waals surface area contributed by atoms with Crippen molar-refractivity contribution < 1.29 is 127 Å². The fourth-order valence-corrected chi connectivity index (χ4v) is 0. The van der Waals surface area contributed by atoms with Crippen molar-refractivity contribution in [3.05, 3.63) is 0 Å². The third-order valence-electron chi connectivity index (χ3n) is 0. The molecular formula is F4Fe3Li3S4. The van der Waals surface area contributed by atoms with Gasteiger partial charge in [0.15, 0.2) is 0 Å². The summed E-state index contributed by atoms with van der Waals surface area (Å²) >= 11 is 0. The van der Waals surface area contributed by atoms with Gasteiger partial charge in [-0.25, -0.2) is 0 Å². The van der Waals surface area contributed by atoms with Crippen LogP contribution in [0.4, 0.5) is 0 Å². The van der Waals surface area contributed by atoms with Gasteiger partial charge in [0.1, 0.15) is 0 Å². The molecule has 0 rings (SSSR count). The zero-order valence-electron chi connectivity index (χ0n) is 7.21. The van der Waals surface area contributed by atoms with Gasteiger partial charge in [0.05, 0.1) is 0 Å². The molecule has 0 aromatic carbocycles. The largest absolute Gasteiger partial charge is 3.00 e. The fourth-order valence-electron chi connectivity index (χ4n) is 0. The smallest absolute Gasteiger partial charge is 2.00 e. The summed E-state index contributed by atoms with van der Waals surface area (Å²) in [7, 11) is 0. The molecule has 14 heteroatoms. The Labute approximate surface area is 178 Å². The molecule has 79 valence electrons. The SMILES string of the molecule is [F-].[F-].[F-].[F-].[Fe+3].[Fe+3].[Fe+3].[Li+].[Li+].[Li+].[S-2].[S-2].[S-2].[S-2]. The third kappa shape index (κ3) is 197. The molecule has 0 aromatic heterocycles. The van der Waals surface area contributed by atoms with Gasteiger partial charge in [0.2, 0.25) is 0 Å². The van der Waals surface area contributed by atoms with Crippen LogP contribution in [0, 0.1) is 0 Å². The third-order valence-corrected chi connectivity index (χ3v) is 0. The molecule has 0 atom stereocenters. The summed E-state index contributed by atoms with van der Waals surface area (Å²) in [5, 5.41) is 0. The van der Waals surface area contributed by atoms with E-state index < -0.39 is 0 Å². The first kappa shape index (κ1) is 282. The first-order valence-corrected chi connectivity index (χ1v) is 0. The van der Waals surface area contributed by atoms with Gasteiger partial charge < -0.3 is 72.8 Å². The van der Waals surface area contributed by atoms with Crippen LogP contribution in [0.5, 0.6) is 0 Å². The van der Waals surface area contributed by atoms with Crippen LogP contribution in [0.3, 0.4) is 0 Å². The molecule has 0 bridgehead atoms. The van der Waals surface area contributed by atoms with Gasteiger partial charge in [-0.1, -0.05) is 0 Å². The number of hydrogen-bond donors (Lipinski definition) is 0. The van der Waals surface area contributed by atoms with Crippen molar-refractivity contribution in [3.63, 3.8) is 0 Å². The Morgan fingerprint density at radius 3 is 0.286 bits per heavy atom. The Hall–Kier alpha value is 4.47. The Morgan fingerprint density at radius 1 is 0.286 bits per heavy atom. The van der Waals surface area contributed by atoms with Crippen LogP contribution in [-0.4, -0.2) is 0 Å². The number of hydrogen-bond acceptors (Lipinski definition) is 0. The van der Waals surface area contributed by atoms with Crippen molar-refractivity contribution in [1.82, 2.24) is 0 Å². The molecule has 0 saturated heterocycles. The van der Waals surface area contributed by atoms with Crippen LogP contribution in [0.1, 0.15) is 0 Å². The minimum Gasteiger partial charge on any atom is -2.00 e. The van der Waals surface area contributed by atoms with Crippen molar-refractivity contribution in [1.29, 1.82) is 0 Å². The number of rotatable bonds is 0. The molecule has 14 heavy (non-hydrogen) atoms. The van der Waals surface area contributed by atoms with Crippen molar-refractivity contribution in [3.8, 4) is 0 Å². The molecule has 0 N–H and O–H groups in total. The predicted octanol–water partition coefficient (Wildman–Crippen LogP) is -21.0. The van der Waals surface area contributed by atoms with Crippen LogP contribution in [-0.2, 0) is 105 Å². The molecule has 0 aliphatic heterocycles. The van der Waals surface area contributed by atoms with Gasteiger partial charge in [0, 0.05) is 0 Å². The monoisotopic (exact) mass is 393 g/mol. The fraction of sp³-hybridized carbons (Fsp3) is 0. The van der Waals surface area contributed by atoms with Crippen LogP contribution in [0.15, 0.2) is 0 Å². The van der Waals surface area contributed by atoms with E-state index in [0.717, 1.165) is 0 Å². The Morgan fingerprint density at radius 2 is 0.286 bits per heavy atom. The van der Waals surface area contributed by atoms with E-state index in [1.807, 2.05) is 0 Å². The van der Waals surface area contributed by atoms with Crippen molar-refractivity contribution in [2.45, 2.75) is 0 Å². The predicted molar refractivity (Wildman–Crippen MR) is 29.5 cm³/mol. The first-order valence-electron chi connectivity index (χ1n) is 0. The Bertz CT molecular complexity index is 27.8. The summed E-state index contributed by atoms with van der Waals surface area (Å²) in [5.74, 6) is 0. The van der Waals surface area contributed by atoms with E-state index in [-0.39, 0.29) is 181 Å².